The van der Waals surface area contributed by atoms with Crippen molar-refractivity contribution in [1.82, 2.24) is 0 Å². The maximum Gasteiger partial charge on any atom is 0.345 e. The first-order valence-electron chi connectivity index (χ1n) is 8.76. The Bertz CT molecular complexity index is 1180. The third-order valence-electron chi connectivity index (χ3n) is 4.29. The van der Waals surface area contributed by atoms with Gasteiger partial charge in [0.05, 0.1) is 10.5 Å². The monoisotopic (exact) mass is 430 g/mol. The molecule has 29 heavy (non-hydrogen) atoms. The van der Waals surface area contributed by atoms with Crippen molar-refractivity contribution in [2.45, 2.75) is 31.8 Å². The zero-order valence-corrected chi connectivity index (χ0v) is 17.6. The molecule has 0 aromatic heterocycles. The van der Waals surface area contributed by atoms with Crippen molar-refractivity contribution in [1.29, 1.82) is 0 Å². The average molecular weight is 431 g/mol. The molecule has 0 fully saturated rings. The van der Waals surface area contributed by atoms with Gasteiger partial charge in [-0.3, -0.25) is 0 Å². The third kappa shape index (κ3) is 4.64. The number of carboxylic acids is 1. The lowest BCUT2D eigenvalue weighted by atomic mass is 9.89. The fourth-order valence-corrected chi connectivity index (χ4v) is 4.20. The van der Waals surface area contributed by atoms with E-state index in [4.69, 9.17) is 16.3 Å². The van der Waals surface area contributed by atoms with E-state index in [0.717, 1.165) is 5.41 Å². The molecule has 0 saturated carbocycles. The SMILES string of the molecule is CC(C)(C)C(Oc1ccc(Cl)cc1C#Cc1ccc2c(c1)S(=O)(=O)C=C2)C(=O)O. The summed E-state index contributed by atoms with van der Waals surface area (Å²) >= 11 is 6.07. The Morgan fingerprint density at radius 1 is 1.14 bits per heavy atom. The molecule has 1 aliphatic heterocycles. The molecule has 1 aliphatic rings. The highest BCUT2D eigenvalue weighted by Crippen LogP contribution is 2.30. The lowest BCUT2D eigenvalue weighted by Gasteiger charge is -2.28. The van der Waals surface area contributed by atoms with Crippen LogP contribution in [0.1, 0.15) is 37.5 Å². The van der Waals surface area contributed by atoms with Gasteiger partial charge in [-0.25, -0.2) is 13.2 Å². The van der Waals surface area contributed by atoms with Crippen LogP contribution in [0, 0.1) is 17.3 Å². The van der Waals surface area contributed by atoms with E-state index in [9.17, 15) is 18.3 Å². The highest BCUT2D eigenvalue weighted by atomic mass is 35.5. The van der Waals surface area contributed by atoms with Gasteiger partial charge in [-0.1, -0.05) is 50.3 Å². The van der Waals surface area contributed by atoms with Crippen LogP contribution in [0.4, 0.5) is 0 Å². The summed E-state index contributed by atoms with van der Waals surface area (Å²) in [6, 6.07) is 9.67. The van der Waals surface area contributed by atoms with E-state index in [2.05, 4.69) is 11.8 Å². The van der Waals surface area contributed by atoms with E-state index >= 15 is 0 Å². The zero-order valence-electron chi connectivity index (χ0n) is 16.1. The van der Waals surface area contributed by atoms with Gasteiger partial charge in [0.2, 0.25) is 0 Å². The van der Waals surface area contributed by atoms with Gasteiger partial charge < -0.3 is 9.84 Å². The normalized spacial score (nSPS) is 15.2. The van der Waals surface area contributed by atoms with Crippen molar-refractivity contribution in [2.24, 2.45) is 5.41 Å². The molecule has 2 aromatic rings. The van der Waals surface area contributed by atoms with E-state index in [1.165, 1.54) is 6.07 Å². The van der Waals surface area contributed by atoms with Crippen molar-refractivity contribution in [2.75, 3.05) is 0 Å². The van der Waals surface area contributed by atoms with Crippen LogP contribution in [0.3, 0.4) is 0 Å². The molecule has 150 valence electrons. The number of hydrogen-bond donors (Lipinski definition) is 1. The molecule has 1 N–H and O–H groups in total. The molecule has 5 nitrogen and oxygen atoms in total. The van der Waals surface area contributed by atoms with Gasteiger partial charge >= 0.3 is 5.97 Å². The Kier molecular flexibility index (Phi) is 5.48. The van der Waals surface area contributed by atoms with Crippen LogP contribution in [0.15, 0.2) is 46.7 Å². The quantitative estimate of drug-likeness (QED) is 0.731. The molecule has 0 spiro atoms. The van der Waals surface area contributed by atoms with Gasteiger partial charge in [-0.15, -0.1) is 0 Å². The van der Waals surface area contributed by atoms with Gasteiger partial charge in [-0.2, -0.15) is 0 Å². The molecule has 1 heterocycles. The zero-order chi connectivity index (χ0) is 21.4. The summed E-state index contributed by atoms with van der Waals surface area (Å²) < 4.78 is 29.8. The summed E-state index contributed by atoms with van der Waals surface area (Å²) in [5, 5.41) is 11.1. The van der Waals surface area contributed by atoms with Gasteiger partial charge in [0, 0.05) is 21.4 Å². The second-order valence-electron chi connectivity index (χ2n) is 7.69. The minimum Gasteiger partial charge on any atom is -0.478 e. The number of fused-ring (bicyclic) bond motifs is 1. The number of halogens is 1. The number of sulfone groups is 1. The van der Waals surface area contributed by atoms with Crippen molar-refractivity contribution in [3.05, 3.63) is 63.5 Å². The Hall–Kier alpha value is -2.75. The van der Waals surface area contributed by atoms with Gasteiger partial charge in [-0.05, 0) is 42.0 Å². The minimum absolute atomic E-state index is 0.213. The smallest absolute Gasteiger partial charge is 0.345 e. The van der Waals surface area contributed by atoms with Crippen molar-refractivity contribution >= 4 is 33.5 Å². The summed E-state index contributed by atoms with van der Waals surface area (Å²) in [6.07, 6.45) is 0.462. The summed E-state index contributed by atoms with van der Waals surface area (Å²) in [5.74, 6) is 5.04. The standard InChI is InChI=1S/C22H19ClO5S/c1-22(2,3)20(21(24)25)28-18-9-8-17(23)13-16(18)7-5-14-4-6-15-10-11-29(26,27)19(15)12-14/h4,6,8-13,20H,1-3H3,(H,24,25). The summed E-state index contributed by atoms with van der Waals surface area (Å²) in [4.78, 5) is 11.8. The predicted octanol–water partition coefficient (Wildman–Crippen LogP) is 4.38. The maximum atomic E-state index is 12.0. The Balaban J connectivity index is 1.98. The molecule has 0 bridgehead atoms. The molecule has 2 aromatic carbocycles. The van der Waals surface area contributed by atoms with Gasteiger partial charge in [0.1, 0.15) is 5.75 Å². The number of rotatable bonds is 3. The van der Waals surface area contributed by atoms with Crippen LogP contribution >= 0.6 is 11.6 Å². The van der Waals surface area contributed by atoms with Gasteiger partial charge in [0.15, 0.2) is 15.9 Å². The Labute approximate surface area is 174 Å². The van der Waals surface area contributed by atoms with Crippen LogP contribution in [0.25, 0.3) is 6.08 Å². The molecule has 7 heteroatoms. The van der Waals surface area contributed by atoms with E-state index in [1.807, 2.05) is 0 Å². The molecular formula is C22H19ClO5S. The highest BCUT2D eigenvalue weighted by molar-refractivity contribution is 7.94. The topological polar surface area (TPSA) is 80.7 Å². The number of ether oxygens (including phenoxy) is 1. The summed E-state index contributed by atoms with van der Waals surface area (Å²) in [7, 11) is -3.43. The molecule has 3 rings (SSSR count). The fourth-order valence-electron chi connectivity index (χ4n) is 2.80. The second-order valence-corrected chi connectivity index (χ2v) is 9.93. The van der Waals surface area contributed by atoms with Crippen LogP contribution in [0.2, 0.25) is 5.02 Å². The lowest BCUT2D eigenvalue weighted by Crippen LogP contribution is -2.39. The molecule has 0 aliphatic carbocycles. The number of hydrogen-bond acceptors (Lipinski definition) is 4. The molecule has 0 saturated heterocycles. The number of carboxylic acid groups (broad SMARTS) is 1. The highest BCUT2D eigenvalue weighted by Gasteiger charge is 2.33. The van der Waals surface area contributed by atoms with E-state index in [1.54, 1.807) is 57.2 Å². The maximum absolute atomic E-state index is 12.0. The van der Waals surface area contributed by atoms with E-state index in [-0.39, 0.29) is 4.90 Å². The van der Waals surface area contributed by atoms with Crippen LogP contribution in [0.5, 0.6) is 5.75 Å². The van der Waals surface area contributed by atoms with Crippen LogP contribution < -0.4 is 4.74 Å². The van der Waals surface area contributed by atoms with E-state index in [0.29, 0.717) is 27.5 Å². The summed E-state index contributed by atoms with van der Waals surface area (Å²) in [6.45, 7) is 5.31. The minimum atomic E-state index is -3.43. The first-order chi connectivity index (χ1) is 13.5. The molecule has 0 radical (unpaired) electrons. The average Bonchev–Trinajstić information content (AvgIpc) is 2.92. The van der Waals surface area contributed by atoms with Crippen LogP contribution in [-0.4, -0.2) is 25.6 Å². The molecule has 1 atom stereocenters. The Morgan fingerprint density at radius 3 is 2.52 bits per heavy atom. The first kappa shape index (κ1) is 21.0. The first-order valence-corrected chi connectivity index (χ1v) is 10.7. The van der Waals surface area contributed by atoms with Crippen molar-refractivity contribution < 1.29 is 23.1 Å². The van der Waals surface area contributed by atoms with Crippen molar-refractivity contribution in [3.8, 4) is 17.6 Å². The van der Waals surface area contributed by atoms with Crippen LogP contribution in [-0.2, 0) is 14.6 Å². The largest absolute Gasteiger partial charge is 0.478 e. The Morgan fingerprint density at radius 2 is 1.86 bits per heavy atom. The number of benzene rings is 2. The molecular weight excluding hydrogens is 412 g/mol. The predicted molar refractivity (Wildman–Crippen MR) is 112 cm³/mol. The van der Waals surface area contributed by atoms with Crippen molar-refractivity contribution in [3.63, 3.8) is 0 Å². The number of carbonyl (C=O) groups is 1. The molecule has 1 unspecified atom stereocenters. The molecule has 0 amide bonds. The second kappa shape index (κ2) is 7.58. The van der Waals surface area contributed by atoms with E-state index < -0.39 is 27.3 Å². The third-order valence-corrected chi connectivity index (χ3v) is 5.98. The number of aliphatic carboxylic acids is 1. The van der Waals surface area contributed by atoms with Gasteiger partial charge in [0.25, 0.3) is 0 Å². The lowest BCUT2D eigenvalue weighted by molar-refractivity contribution is -0.150. The fraction of sp³-hybridized carbons (Fsp3) is 0.227. The summed E-state index contributed by atoms with van der Waals surface area (Å²) in [5.41, 5.74) is 0.899.